The highest BCUT2D eigenvalue weighted by Gasteiger charge is 2.42. The van der Waals surface area contributed by atoms with Crippen LogP contribution in [0, 0.1) is 0 Å². The fourth-order valence-corrected chi connectivity index (χ4v) is 3.07. The molecule has 1 saturated heterocycles. The molecule has 0 atom stereocenters. The Kier molecular flexibility index (Phi) is 5.46. The molecule has 0 aromatic rings. The monoisotopic (exact) mass is 312 g/mol. The van der Waals surface area contributed by atoms with E-state index in [-0.39, 0.29) is 30.7 Å². The molecule has 1 fully saturated rings. The third-order valence-electron chi connectivity index (χ3n) is 2.96. The number of hydrogen-bond donors (Lipinski definition) is 0. The van der Waals surface area contributed by atoms with Crippen molar-refractivity contribution >= 4 is 27.6 Å². The molecule has 0 radical (unpaired) electrons. The number of amides is 2. The summed E-state index contributed by atoms with van der Waals surface area (Å²) in [6.45, 7) is 6.77. The van der Waals surface area contributed by atoms with Crippen molar-refractivity contribution in [1.29, 1.82) is 0 Å². The minimum Gasteiger partial charge on any atom is -0.381 e. The van der Waals surface area contributed by atoms with Gasteiger partial charge in [0.25, 0.3) is 0 Å². The molecule has 0 N–H and O–H groups in total. The highest BCUT2D eigenvalue weighted by molar-refractivity contribution is 7.91. The summed E-state index contributed by atoms with van der Waals surface area (Å²) in [7, 11) is -3.20. The molecule has 0 aliphatic carbocycles. The van der Waals surface area contributed by atoms with Crippen LogP contribution in [0.4, 0.5) is 4.79 Å². The zero-order chi connectivity index (χ0) is 14.7. The minimum atomic E-state index is -3.20. The van der Waals surface area contributed by atoms with E-state index in [0.717, 1.165) is 4.42 Å². The van der Waals surface area contributed by atoms with E-state index in [2.05, 4.69) is 0 Å². The van der Waals surface area contributed by atoms with Crippen molar-refractivity contribution in [3.05, 3.63) is 0 Å². The lowest BCUT2D eigenvalue weighted by Gasteiger charge is -2.21. The average Bonchev–Trinajstić information content (AvgIpc) is 2.51. The SMILES string of the molecule is CCOCCS(=O)(=O)CCN1CC(C)(C)N(Cl)C1=O. The van der Waals surface area contributed by atoms with Crippen molar-refractivity contribution in [3.63, 3.8) is 0 Å². The van der Waals surface area contributed by atoms with E-state index in [9.17, 15) is 13.2 Å². The highest BCUT2D eigenvalue weighted by atomic mass is 35.5. The maximum absolute atomic E-state index is 11.8. The van der Waals surface area contributed by atoms with Gasteiger partial charge in [-0.1, -0.05) is 0 Å². The summed E-state index contributed by atoms with van der Waals surface area (Å²) in [5, 5.41) is 0. The van der Waals surface area contributed by atoms with Crippen molar-refractivity contribution in [3.8, 4) is 0 Å². The quantitative estimate of drug-likeness (QED) is 0.522. The molecule has 1 aliphatic rings. The first-order chi connectivity index (χ1) is 8.69. The van der Waals surface area contributed by atoms with Crippen LogP contribution >= 0.6 is 11.8 Å². The number of nitrogens with zero attached hydrogens (tertiary/aromatic N) is 2. The Morgan fingerprint density at radius 1 is 1.37 bits per heavy atom. The van der Waals surface area contributed by atoms with E-state index in [0.29, 0.717) is 13.2 Å². The number of carbonyl (C=O) groups is 1. The molecule has 8 heteroatoms. The van der Waals surface area contributed by atoms with E-state index in [4.69, 9.17) is 16.5 Å². The van der Waals surface area contributed by atoms with Crippen LogP contribution in [0.1, 0.15) is 20.8 Å². The van der Waals surface area contributed by atoms with Gasteiger partial charge in [-0.3, -0.25) is 0 Å². The molecule has 0 saturated carbocycles. The Hall–Kier alpha value is -0.530. The van der Waals surface area contributed by atoms with E-state index < -0.39 is 15.4 Å². The Bertz CT molecular complexity index is 424. The smallest absolute Gasteiger partial charge is 0.335 e. The maximum atomic E-state index is 11.8. The Labute approximate surface area is 119 Å². The van der Waals surface area contributed by atoms with Gasteiger partial charge in [0, 0.05) is 31.5 Å². The van der Waals surface area contributed by atoms with Gasteiger partial charge in [-0.05, 0) is 20.8 Å². The van der Waals surface area contributed by atoms with Crippen molar-refractivity contribution in [2.75, 3.05) is 37.8 Å². The van der Waals surface area contributed by atoms with Crippen LogP contribution in [0.3, 0.4) is 0 Å². The zero-order valence-corrected chi connectivity index (χ0v) is 13.1. The van der Waals surface area contributed by atoms with Crippen molar-refractivity contribution < 1.29 is 17.9 Å². The maximum Gasteiger partial charge on any atom is 0.335 e. The van der Waals surface area contributed by atoms with E-state index in [1.54, 1.807) is 0 Å². The summed E-state index contributed by atoms with van der Waals surface area (Å²) in [5.74, 6) is -0.0799. The molecule has 0 aromatic heterocycles. The third kappa shape index (κ3) is 4.50. The molecule has 6 nitrogen and oxygen atoms in total. The lowest BCUT2D eigenvalue weighted by Crippen LogP contribution is -2.34. The topological polar surface area (TPSA) is 66.9 Å². The molecule has 0 spiro atoms. The fourth-order valence-electron chi connectivity index (χ4n) is 1.84. The number of ether oxygens (including phenoxy) is 1. The van der Waals surface area contributed by atoms with Gasteiger partial charge in [0.1, 0.15) is 0 Å². The lowest BCUT2D eigenvalue weighted by atomic mass is 10.1. The van der Waals surface area contributed by atoms with Crippen LogP contribution in [-0.4, -0.2) is 67.1 Å². The first-order valence-electron chi connectivity index (χ1n) is 6.23. The number of rotatable bonds is 7. The van der Waals surface area contributed by atoms with Crippen molar-refractivity contribution in [2.24, 2.45) is 0 Å². The molecule has 1 rings (SSSR count). The first-order valence-corrected chi connectivity index (χ1v) is 8.38. The zero-order valence-electron chi connectivity index (χ0n) is 11.6. The molecular weight excluding hydrogens is 292 g/mol. The largest absolute Gasteiger partial charge is 0.381 e. The van der Waals surface area contributed by atoms with Crippen LogP contribution in [0.15, 0.2) is 0 Å². The number of carbonyl (C=O) groups excluding carboxylic acids is 1. The summed E-state index contributed by atoms with van der Waals surface area (Å²) < 4.78 is 29.6. The number of halogens is 1. The van der Waals surface area contributed by atoms with Gasteiger partial charge in [0.15, 0.2) is 9.84 Å². The Balaban J connectivity index is 2.47. The molecule has 0 unspecified atom stereocenters. The predicted molar refractivity (Wildman–Crippen MR) is 73.9 cm³/mol. The minimum absolute atomic E-state index is 0.0170. The second-order valence-corrected chi connectivity index (χ2v) is 7.79. The van der Waals surface area contributed by atoms with Crippen LogP contribution in [0.2, 0.25) is 0 Å². The van der Waals surface area contributed by atoms with Crippen LogP contribution in [0.25, 0.3) is 0 Å². The molecule has 112 valence electrons. The molecule has 1 heterocycles. The molecular formula is C11H21ClN2O4S. The van der Waals surface area contributed by atoms with Crippen LogP contribution in [0.5, 0.6) is 0 Å². The predicted octanol–water partition coefficient (Wildman–Crippen LogP) is 1.11. The van der Waals surface area contributed by atoms with Gasteiger partial charge in [-0.15, -0.1) is 0 Å². The number of sulfone groups is 1. The first kappa shape index (κ1) is 16.5. The summed E-state index contributed by atoms with van der Waals surface area (Å²) in [6, 6.07) is -0.341. The summed E-state index contributed by atoms with van der Waals surface area (Å²) in [6.07, 6.45) is 0. The summed E-state index contributed by atoms with van der Waals surface area (Å²) >= 11 is 5.87. The molecule has 19 heavy (non-hydrogen) atoms. The summed E-state index contributed by atoms with van der Waals surface area (Å²) in [4.78, 5) is 13.3. The second kappa shape index (κ2) is 6.28. The van der Waals surface area contributed by atoms with E-state index in [1.165, 1.54) is 4.90 Å². The van der Waals surface area contributed by atoms with E-state index in [1.807, 2.05) is 20.8 Å². The normalized spacial score (nSPS) is 19.3. The molecule has 0 aromatic carbocycles. The van der Waals surface area contributed by atoms with Gasteiger partial charge in [-0.25, -0.2) is 17.6 Å². The van der Waals surface area contributed by atoms with Gasteiger partial charge in [-0.2, -0.15) is 0 Å². The fraction of sp³-hybridized carbons (Fsp3) is 0.909. The standard InChI is InChI=1S/C11H21ClN2O4S/c1-4-18-6-8-19(16,17)7-5-13-9-11(2,3)14(12)10(13)15/h4-9H2,1-3H3. The van der Waals surface area contributed by atoms with Crippen LogP contribution in [-0.2, 0) is 14.6 Å². The highest BCUT2D eigenvalue weighted by Crippen LogP contribution is 2.27. The second-order valence-electron chi connectivity index (χ2n) is 5.15. The van der Waals surface area contributed by atoms with Gasteiger partial charge < -0.3 is 9.64 Å². The number of urea groups is 1. The van der Waals surface area contributed by atoms with Crippen molar-refractivity contribution in [1.82, 2.24) is 9.32 Å². The molecule has 2 amide bonds. The average molecular weight is 313 g/mol. The van der Waals surface area contributed by atoms with Gasteiger partial charge >= 0.3 is 6.03 Å². The third-order valence-corrected chi connectivity index (χ3v) is 5.16. The van der Waals surface area contributed by atoms with Crippen LogP contribution < -0.4 is 0 Å². The van der Waals surface area contributed by atoms with E-state index >= 15 is 0 Å². The number of hydrogen-bond acceptors (Lipinski definition) is 4. The lowest BCUT2D eigenvalue weighted by molar-refractivity contribution is 0.163. The molecule has 0 bridgehead atoms. The van der Waals surface area contributed by atoms with Gasteiger partial charge in [0.2, 0.25) is 0 Å². The van der Waals surface area contributed by atoms with Crippen molar-refractivity contribution in [2.45, 2.75) is 26.3 Å². The molecule has 1 aliphatic heterocycles. The Morgan fingerprint density at radius 2 is 2.00 bits per heavy atom. The van der Waals surface area contributed by atoms with Gasteiger partial charge in [0.05, 0.1) is 23.7 Å². The summed E-state index contributed by atoms with van der Waals surface area (Å²) in [5.41, 5.74) is -0.478. The Morgan fingerprint density at radius 3 is 2.47 bits per heavy atom.